The molecular formula is C38H43IrN2O2-. The van der Waals surface area contributed by atoms with E-state index in [2.05, 4.69) is 85.8 Å². The minimum absolute atomic E-state index is 0. The monoisotopic (exact) mass is 752 g/mol. The van der Waals surface area contributed by atoms with Crippen molar-refractivity contribution in [2.75, 3.05) is 0 Å². The standard InChI is InChI=1S/C25H19N2.C13H24O2.Ir/c1-25(2,3)18-10-17-11-19-8-9-26-24-22-13-16-7-5-4-6-15(16)12-20(22)21(14-18)23(17)27(19)24;1-5-10(6-2)12(14)9-13(15)11(7-3)8-4;/h4-12,14H,1-3H3;9-11,14H,5-8H2,1-4H3;/q-1;;/b;12-9-;. The van der Waals surface area contributed by atoms with Gasteiger partial charge in [-0.2, -0.15) is 0 Å². The van der Waals surface area contributed by atoms with Crippen molar-refractivity contribution in [1.82, 2.24) is 9.38 Å². The van der Waals surface area contributed by atoms with E-state index in [-0.39, 0.29) is 48.9 Å². The fourth-order valence-corrected chi connectivity index (χ4v) is 6.11. The van der Waals surface area contributed by atoms with Gasteiger partial charge < -0.3 is 9.51 Å². The van der Waals surface area contributed by atoms with E-state index in [9.17, 15) is 9.90 Å². The predicted octanol–water partition coefficient (Wildman–Crippen LogP) is 10.3. The first-order valence-electron chi connectivity index (χ1n) is 15.5. The van der Waals surface area contributed by atoms with Crippen molar-refractivity contribution in [2.45, 2.75) is 79.6 Å². The van der Waals surface area contributed by atoms with Gasteiger partial charge in [0.1, 0.15) is 0 Å². The second kappa shape index (κ2) is 13.2. The van der Waals surface area contributed by atoms with Crippen LogP contribution in [0.1, 0.15) is 79.7 Å². The molecule has 227 valence electrons. The van der Waals surface area contributed by atoms with Crippen LogP contribution in [0.2, 0.25) is 0 Å². The van der Waals surface area contributed by atoms with Crippen LogP contribution in [-0.4, -0.2) is 20.3 Å². The second-order valence-corrected chi connectivity index (χ2v) is 12.5. The molecular weight excluding hydrogens is 709 g/mol. The van der Waals surface area contributed by atoms with Crippen molar-refractivity contribution < 1.29 is 30.0 Å². The number of aliphatic hydroxyl groups excluding tert-OH is 1. The molecule has 1 radical (unpaired) electrons. The topological polar surface area (TPSA) is 54.6 Å². The Morgan fingerprint density at radius 2 is 1.58 bits per heavy atom. The average Bonchev–Trinajstić information content (AvgIpc) is 3.36. The van der Waals surface area contributed by atoms with Crippen LogP contribution in [0, 0.1) is 17.9 Å². The number of allylic oxidation sites excluding steroid dienone is 2. The third-order valence-electron chi connectivity index (χ3n) is 8.83. The summed E-state index contributed by atoms with van der Waals surface area (Å²) in [6.07, 6.45) is 6.81. The smallest absolute Gasteiger partial charge is 0.162 e. The van der Waals surface area contributed by atoms with Crippen LogP contribution < -0.4 is 0 Å². The molecule has 3 aromatic heterocycles. The SMILES string of the molecule is CC(C)(C)c1cc2cc3ccnc4c5[c-]c6ccccc6cc5c(c1)c2n34.CCC(CC)C(=O)/C=C(\O)C(CC)CC.[Ir]. The summed E-state index contributed by atoms with van der Waals surface area (Å²) < 4.78 is 2.30. The Hall–Kier alpha value is -3.27. The summed E-state index contributed by atoms with van der Waals surface area (Å²) >= 11 is 0. The molecule has 0 spiro atoms. The summed E-state index contributed by atoms with van der Waals surface area (Å²) in [5, 5.41) is 17.0. The fourth-order valence-electron chi connectivity index (χ4n) is 6.11. The Morgan fingerprint density at radius 1 is 0.907 bits per heavy atom. The number of pyridine rings is 1. The number of hydrogen-bond donors (Lipinski definition) is 1. The van der Waals surface area contributed by atoms with Crippen molar-refractivity contribution in [1.29, 1.82) is 0 Å². The second-order valence-electron chi connectivity index (χ2n) is 12.5. The minimum atomic E-state index is 0. The summed E-state index contributed by atoms with van der Waals surface area (Å²) in [7, 11) is 0. The molecule has 0 fully saturated rings. The van der Waals surface area contributed by atoms with E-state index in [0.29, 0.717) is 0 Å². The summed E-state index contributed by atoms with van der Waals surface area (Å²) in [5.41, 5.74) is 4.89. The van der Waals surface area contributed by atoms with Gasteiger partial charge in [0.25, 0.3) is 0 Å². The van der Waals surface area contributed by atoms with Crippen LogP contribution in [0.15, 0.2) is 72.6 Å². The van der Waals surface area contributed by atoms with Crippen molar-refractivity contribution in [3.63, 3.8) is 0 Å². The average molecular weight is 752 g/mol. The van der Waals surface area contributed by atoms with Crippen LogP contribution in [-0.2, 0) is 30.3 Å². The number of carbonyl (C=O) groups excluding carboxylic acids is 1. The van der Waals surface area contributed by atoms with E-state index < -0.39 is 0 Å². The molecule has 0 bridgehead atoms. The van der Waals surface area contributed by atoms with E-state index in [0.717, 1.165) is 42.1 Å². The van der Waals surface area contributed by atoms with Gasteiger partial charge in [0, 0.05) is 60.6 Å². The zero-order valence-corrected chi connectivity index (χ0v) is 28.8. The molecule has 0 unspecified atom stereocenters. The summed E-state index contributed by atoms with van der Waals surface area (Å²) in [4.78, 5) is 16.5. The molecule has 1 N–H and O–H groups in total. The molecule has 6 aromatic rings. The first-order valence-corrected chi connectivity index (χ1v) is 15.5. The first-order chi connectivity index (χ1) is 20.1. The number of aliphatic hydroxyl groups is 1. The number of aromatic nitrogens is 2. The van der Waals surface area contributed by atoms with Crippen molar-refractivity contribution in [3.05, 3.63) is 84.3 Å². The maximum atomic E-state index is 11.7. The number of hydrogen-bond acceptors (Lipinski definition) is 3. The Kier molecular flexibility index (Phi) is 9.99. The Bertz CT molecular complexity index is 1900. The molecule has 0 aliphatic carbocycles. The van der Waals surface area contributed by atoms with Gasteiger partial charge in [-0.05, 0) is 60.2 Å². The zero-order chi connectivity index (χ0) is 30.2. The Balaban J connectivity index is 0.000000230. The number of ketones is 1. The fraction of sp³-hybridized carbons (Fsp3) is 0.368. The van der Waals surface area contributed by atoms with Gasteiger partial charge in [-0.3, -0.25) is 9.78 Å². The Labute approximate surface area is 268 Å². The molecule has 3 aromatic carbocycles. The molecule has 0 aliphatic heterocycles. The number of nitrogens with zero attached hydrogens (tertiary/aromatic N) is 2. The molecule has 5 heteroatoms. The van der Waals surface area contributed by atoms with Crippen LogP contribution in [0.5, 0.6) is 0 Å². The van der Waals surface area contributed by atoms with Crippen molar-refractivity contribution >= 4 is 54.8 Å². The van der Waals surface area contributed by atoms with Crippen LogP contribution in [0.25, 0.3) is 49.0 Å². The number of carbonyl (C=O) groups is 1. The molecule has 6 rings (SSSR count). The van der Waals surface area contributed by atoms with Gasteiger partial charge in [0.2, 0.25) is 0 Å². The molecule has 0 atom stereocenters. The maximum Gasteiger partial charge on any atom is 0.162 e. The molecule has 0 amide bonds. The van der Waals surface area contributed by atoms with Crippen LogP contribution in [0.3, 0.4) is 0 Å². The molecule has 4 nitrogen and oxygen atoms in total. The minimum Gasteiger partial charge on any atom is -0.512 e. The summed E-state index contributed by atoms with van der Waals surface area (Å²) in [6, 6.07) is 23.5. The zero-order valence-electron chi connectivity index (χ0n) is 26.4. The van der Waals surface area contributed by atoms with Gasteiger partial charge in [-0.15, -0.1) is 23.6 Å². The van der Waals surface area contributed by atoms with E-state index in [1.807, 2.05) is 33.9 Å². The predicted molar refractivity (Wildman–Crippen MR) is 178 cm³/mol. The van der Waals surface area contributed by atoms with Gasteiger partial charge in [-0.1, -0.05) is 88.9 Å². The first kappa shape index (κ1) is 32.6. The van der Waals surface area contributed by atoms with E-state index in [1.165, 1.54) is 44.2 Å². The van der Waals surface area contributed by atoms with E-state index in [4.69, 9.17) is 4.98 Å². The van der Waals surface area contributed by atoms with Crippen LogP contribution >= 0.6 is 0 Å². The largest absolute Gasteiger partial charge is 0.512 e. The van der Waals surface area contributed by atoms with Crippen molar-refractivity contribution in [3.8, 4) is 0 Å². The van der Waals surface area contributed by atoms with E-state index >= 15 is 0 Å². The van der Waals surface area contributed by atoms with Gasteiger partial charge in [0.15, 0.2) is 5.78 Å². The van der Waals surface area contributed by atoms with E-state index in [1.54, 1.807) is 0 Å². The summed E-state index contributed by atoms with van der Waals surface area (Å²) in [5.74, 6) is 0.547. The summed E-state index contributed by atoms with van der Waals surface area (Å²) in [6.45, 7) is 14.9. The number of rotatable bonds is 7. The molecule has 0 aliphatic rings. The van der Waals surface area contributed by atoms with Gasteiger partial charge in [0.05, 0.1) is 11.4 Å². The third-order valence-corrected chi connectivity index (χ3v) is 8.83. The number of benzene rings is 3. The normalized spacial score (nSPS) is 12.5. The van der Waals surface area contributed by atoms with Gasteiger partial charge in [-0.25, -0.2) is 0 Å². The quantitative estimate of drug-likeness (QED) is 0.0581. The third kappa shape index (κ3) is 6.21. The molecule has 3 heterocycles. The maximum absolute atomic E-state index is 11.7. The number of fused-ring (bicyclic) bond motifs is 4. The molecule has 0 saturated carbocycles. The Morgan fingerprint density at radius 3 is 2.23 bits per heavy atom. The van der Waals surface area contributed by atoms with Crippen LogP contribution in [0.4, 0.5) is 0 Å². The molecule has 0 saturated heterocycles. The molecule has 43 heavy (non-hydrogen) atoms. The van der Waals surface area contributed by atoms with Crippen molar-refractivity contribution in [2.24, 2.45) is 11.8 Å². The van der Waals surface area contributed by atoms with Gasteiger partial charge >= 0.3 is 0 Å².